The van der Waals surface area contributed by atoms with E-state index in [1.54, 1.807) is 7.11 Å². The lowest BCUT2D eigenvalue weighted by atomic mass is 9.94. The minimum absolute atomic E-state index is 0.0476. The number of ether oxygens (including phenoxy) is 1. The van der Waals surface area contributed by atoms with Crippen LogP contribution in [0.2, 0.25) is 0 Å². The van der Waals surface area contributed by atoms with E-state index in [2.05, 4.69) is 31.3 Å². The van der Waals surface area contributed by atoms with Crippen LogP contribution in [0.4, 0.5) is 0 Å². The molecule has 1 N–H and O–H groups in total. The number of rotatable bonds is 4. The van der Waals surface area contributed by atoms with E-state index >= 15 is 0 Å². The van der Waals surface area contributed by atoms with Crippen LogP contribution in [0.5, 0.6) is 0 Å². The van der Waals surface area contributed by atoms with Crippen molar-refractivity contribution in [3.05, 3.63) is 35.9 Å². The van der Waals surface area contributed by atoms with Crippen molar-refractivity contribution in [3.8, 4) is 0 Å². The number of hydrogen-bond donors (Lipinski definition) is 1. The lowest BCUT2D eigenvalue weighted by molar-refractivity contribution is -0.137. The molecule has 110 valence electrons. The van der Waals surface area contributed by atoms with Crippen LogP contribution in [0.1, 0.15) is 31.9 Å². The molecule has 0 saturated carbocycles. The first kappa shape index (κ1) is 15.0. The molecule has 1 aromatic carbocycles. The van der Waals surface area contributed by atoms with Crippen molar-refractivity contribution in [1.82, 2.24) is 10.2 Å². The Kier molecular flexibility index (Phi) is 4.78. The van der Waals surface area contributed by atoms with E-state index in [4.69, 9.17) is 4.74 Å². The third kappa shape index (κ3) is 3.58. The number of nitrogens with one attached hydrogen (secondary N) is 1. The topological polar surface area (TPSA) is 41.6 Å². The average molecular weight is 276 g/mol. The minimum atomic E-state index is -0.0476. The Labute approximate surface area is 121 Å². The lowest BCUT2D eigenvalue weighted by Gasteiger charge is -2.45. The van der Waals surface area contributed by atoms with Gasteiger partial charge >= 0.3 is 0 Å². The molecule has 4 nitrogen and oxygen atoms in total. The molecule has 0 aromatic heterocycles. The van der Waals surface area contributed by atoms with Gasteiger partial charge in [-0.05, 0) is 19.4 Å². The summed E-state index contributed by atoms with van der Waals surface area (Å²) in [6, 6.07) is 10.3. The monoisotopic (exact) mass is 276 g/mol. The molecule has 1 aliphatic heterocycles. The Morgan fingerprint density at radius 3 is 2.75 bits per heavy atom. The zero-order valence-electron chi connectivity index (χ0n) is 12.6. The zero-order chi connectivity index (χ0) is 14.6. The number of nitrogens with zero attached hydrogens (tertiary/aromatic N) is 1. The second-order valence-electron chi connectivity index (χ2n) is 5.96. The van der Waals surface area contributed by atoms with Crippen LogP contribution < -0.4 is 5.32 Å². The highest BCUT2D eigenvalue weighted by atomic mass is 16.5. The third-order valence-corrected chi connectivity index (χ3v) is 3.74. The second-order valence-corrected chi connectivity index (χ2v) is 5.96. The van der Waals surface area contributed by atoms with Gasteiger partial charge < -0.3 is 15.0 Å². The normalized spacial score (nSPS) is 21.8. The largest absolute Gasteiger partial charge is 0.384 e. The van der Waals surface area contributed by atoms with Gasteiger partial charge in [0.05, 0.1) is 19.1 Å². The van der Waals surface area contributed by atoms with Crippen molar-refractivity contribution in [2.24, 2.45) is 0 Å². The van der Waals surface area contributed by atoms with Gasteiger partial charge in [0.1, 0.15) is 0 Å². The Morgan fingerprint density at radius 1 is 1.40 bits per heavy atom. The third-order valence-electron chi connectivity index (χ3n) is 3.74. The molecular formula is C16H24N2O2. The first-order valence-corrected chi connectivity index (χ1v) is 7.12. The van der Waals surface area contributed by atoms with Crippen molar-refractivity contribution in [2.45, 2.75) is 31.8 Å². The van der Waals surface area contributed by atoms with Gasteiger partial charge in [0, 0.05) is 25.7 Å². The zero-order valence-corrected chi connectivity index (χ0v) is 12.6. The van der Waals surface area contributed by atoms with Gasteiger partial charge in [-0.1, -0.05) is 30.3 Å². The predicted octanol–water partition coefficient (Wildman–Crippen LogP) is 1.97. The van der Waals surface area contributed by atoms with Crippen LogP contribution in [-0.2, 0) is 9.53 Å². The predicted molar refractivity (Wildman–Crippen MR) is 79.5 cm³/mol. The molecule has 0 aliphatic carbocycles. The van der Waals surface area contributed by atoms with Crippen molar-refractivity contribution in [2.75, 3.05) is 26.8 Å². The summed E-state index contributed by atoms with van der Waals surface area (Å²) in [6.45, 7) is 6.24. The van der Waals surface area contributed by atoms with Crippen LogP contribution in [0, 0.1) is 0 Å². The Morgan fingerprint density at radius 2 is 2.10 bits per heavy atom. The van der Waals surface area contributed by atoms with E-state index in [0.717, 1.165) is 13.1 Å². The van der Waals surface area contributed by atoms with Gasteiger partial charge in [0.25, 0.3) is 0 Å². The van der Waals surface area contributed by atoms with Crippen LogP contribution in [0.15, 0.2) is 30.3 Å². The van der Waals surface area contributed by atoms with Crippen molar-refractivity contribution in [3.63, 3.8) is 0 Å². The molecule has 0 bridgehead atoms. The highest BCUT2D eigenvalue weighted by molar-refractivity contribution is 5.77. The van der Waals surface area contributed by atoms with Crippen molar-refractivity contribution >= 4 is 5.91 Å². The molecule has 1 aliphatic rings. The molecule has 20 heavy (non-hydrogen) atoms. The van der Waals surface area contributed by atoms with Crippen LogP contribution in [0.25, 0.3) is 0 Å². The van der Waals surface area contributed by atoms with Gasteiger partial charge in [-0.2, -0.15) is 0 Å². The van der Waals surface area contributed by atoms with E-state index in [1.165, 1.54) is 5.56 Å². The van der Waals surface area contributed by atoms with Gasteiger partial charge in [-0.3, -0.25) is 4.79 Å². The summed E-state index contributed by atoms with van der Waals surface area (Å²) in [6.07, 6.45) is 0.440. The van der Waals surface area contributed by atoms with E-state index in [1.807, 2.05) is 23.1 Å². The van der Waals surface area contributed by atoms with Gasteiger partial charge in [-0.25, -0.2) is 0 Å². The lowest BCUT2D eigenvalue weighted by Crippen LogP contribution is -2.59. The van der Waals surface area contributed by atoms with Crippen molar-refractivity contribution in [1.29, 1.82) is 0 Å². The number of piperazine rings is 1. The van der Waals surface area contributed by atoms with E-state index in [-0.39, 0.29) is 17.5 Å². The standard InChI is InChI=1S/C16H24N2O2/c1-16(2)12-18(15(19)9-10-20-3)14(11-17-16)13-7-5-4-6-8-13/h4-8,14,17H,9-12H2,1-3H3. The fourth-order valence-corrected chi connectivity index (χ4v) is 2.64. The fourth-order valence-electron chi connectivity index (χ4n) is 2.64. The average Bonchev–Trinajstić information content (AvgIpc) is 2.44. The molecule has 1 aromatic rings. The Bertz CT molecular complexity index is 445. The smallest absolute Gasteiger partial charge is 0.225 e. The Hall–Kier alpha value is -1.39. The molecule has 1 heterocycles. The summed E-state index contributed by atoms with van der Waals surface area (Å²) in [7, 11) is 1.63. The second kappa shape index (κ2) is 6.37. The van der Waals surface area contributed by atoms with Crippen molar-refractivity contribution < 1.29 is 9.53 Å². The molecule has 1 amide bonds. The van der Waals surface area contributed by atoms with E-state index < -0.39 is 0 Å². The number of amides is 1. The first-order chi connectivity index (χ1) is 9.53. The summed E-state index contributed by atoms with van der Waals surface area (Å²) in [5.74, 6) is 0.162. The van der Waals surface area contributed by atoms with Crippen LogP contribution >= 0.6 is 0 Å². The molecule has 1 unspecified atom stereocenters. The molecule has 1 atom stereocenters. The summed E-state index contributed by atoms with van der Waals surface area (Å²) in [5.41, 5.74) is 1.13. The van der Waals surface area contributed by atoms with Gasteiger partial charge in [-0.15, -0.1) is 0 Å². The summed E-state index contributed by atoms with van der Waals surface area (Å²) >= 11 is 0. The first-order valence-electron chi connectivity index (χ1n) is 7.12. The van der Waals surface area contributed by atoms with E-state index in [9.17, 15) is 4.79 Å². The highest BCUT2D eigenvalue weighted by Gasteiger charge is 2.35. The quantitative estimate of drug-likeness (QED) is 0.914. The number of benzene rings is 1. The maximum absolute atomic E-state index is 12.4. The molecule has 4 heteroatoms. The maximum atomic E-state index is 12.4. The summed E-state index contributed by atoms with van der Waals surface area (Å²) in [5, 5.41) is 3.52. The van der Waals surface area contributed by atoms with Crippen LogP contribution in [-0.4, -0.2) is 43.2 Å². The fraction of sp³-hybridized carbons (Fsp3) is 0.562. The molecule has 1 saturated heterocycles. The molecule has 0 radical (unpaired) electrons. The summed E-state index contributed by atoms with van der Waals surface area (Å²) < 4.78 is 5.03. The Balaban J connectivity index is 2.18. The molecule has 0 spiro atoms. The van der Waals surface area contributed by atoms with Gasteiger partial charge in [0.15, 0.2) is 0 Å². The van der Waals surface area contributed by atoms with Gasteiger partial charge in [0.2, 0.25) is 5.91 Å². The number of hydrogen-bond acceptors (Lipinski definition) is 3. The number of methoxy groups -OCH3 is 1. The van der Waals surface area contributed by atoms with Crippen LogP contribution in [0.3, 0.4) is 0 Å². The number of carbonyl (C=O) groups is 1. The maximum Gasteiger partial charge on any atom is 0.225 e. The minimum Gasteiger partial charge on any atom is -0.384 e. The SMILES string of the molecule is COCCC(=O)N1CC(C)(C)NCC1c1ccccc1. The molecule has 1 fully saturated rings. The summed E-state index contributed by atoms with van der Waals surface area (Å²) in [4.78, 5) is 14.4. The van der Waals surface area contributed by atoms with E-state index in [0.29, 0.717) is 13.0 Å². The molecule has 2 rings (SSSR count). The molecular weight excluding hydrogens is 252 g/mol. The number of carbonyl (C=O) groups excluding carboxylic acids is 1. The highest BCUT2D eigenvalue weighted by Crippen LogP contribution is 2.27.